The number of carbonyl (C=O) groups is 1. The Hall–Kier alpha value is -2.82. The minimum absolute atomic E-state index is 0.0418. The maximum absolute atomic E-state index is 13.8. The monoisotopic (exact) mass is 614 g/mol. The summed E-state index contributed by atoms with van der Waals surface area (Å²) in [5, 5.41) is 21.5. The normalized spacial score (nSPS) is 27.0. The molecule has 7 nitrogen and oxygen atoms in total. The number of anilines is 2. The van der Waals surface area contributed by atoms with E-state index in [1.54, 1.807) is 18.2 Å². The van der Waals surface area contributed by atoms with Crippen LogP contribution in [0.1, 0.15) is 98.5 Å². The molecule has 0 amide bonds. The van der Waals surface area contributed by atoms with Crippen molar-refractivity contribution >= 4 is 17.3 Å². The number of fused-ring (bicyclic) bond motifs is 4. The number of carboxylic acids is 1. The number of quaternary nitrogens is 1. The maximum atomic E-state index is 13.8. The van der Waals surface area contributed by atoms with Crippen LogP contribution in [0.3, 0.4) is 0 Å². The summed E-state index contributed by atoms with van der Waals surface area (Å²) in [6, 6.07) is 11.6. The summed E-state index contributed by atoms with van der Waals surface area (Å²) < 4.78 is 42.4. The molecular weight excluding hydrogens is 567 g/mol. The van der Waals surface area contributed by atoms with E-state index >= 15 is 0 Å². The third-order valence-corrected chi connectivity index (χ3v) is 10.3. The number of halogens is 3. The van der Waals surface area contributed by atoms with E-state index in [0.29, 0.717) is 18.3 Å². The Kier molecular flexibility index (Phi) is 9.13. The number of aromatic carboxylic acids is 1. The second-order valence-corrected chi connectivity index (χ2v) is 13.3. The van der Waals surface area contributed by atoms with Crippen LogP contribution in [-0.2, 0) is 6.18 Å². The highest BCUT2D eigenvalue weighted by atomic mass is 19.4. The van der Waals surface area contributed by atoms with Crippen LogP contribution in [0.25, 0.3) is 0 Å². The summed E-state index contributed by atoms with van der Waals surface area (Å²) in [5.41, 5.74) is 2.00. The zero-order valence-corrected chi connectivity index (χ0v) is 25.7. The van der Waals surface area contributed by atoms with Crippen LogP contribution in [0.2, 0.25) is 0 Å². The van der Waals surface area contributed by atoms with Gasteiger partial charge in [-0.25, -0.2) is 4.79 Å². The van der Waals surface area contributed by atoms with Crippen molar-refractivity contribution in [3.63, 3.8) is 0 Å². The van der Waals surface area contributed by atoms with Crippen LogP contribution >= 0.6 is 0 Å². The molecule has 0 bridgehead atoms. The molecule has 240 valence electrons. The molecule has 4 N–H and O–H groups in total. The van der Waals surface area contributed by atoms with Gasteiger partial charge in [-0.05, 0) is 80.8 Å². The summed E-state index contributed by atoms with van der Waals surface area (Å²) in [5.74, 6) is -0.918. The number of nitrogens with zero attached hydrogens (tertiary/aromatic N) is 2. The Morgan fingerprint density at radius 3 is 2.43 bits per heavy atom. The predicted octanol–water partition coefficient (Wildman–Crippen LogP) is 6.72. The lowest BCUT2D eigenvalue weighted by Crippen LogP contribution is -2.81. The summed E-state index contributed by atoms with van der Waals surface area (Å²) >= 11 is 0. The van der Waals surface area contributed by atoms with Crippen molar-refractivity contribution < 1.29 is 27.6 Å². The predicted molar refractivity (Wildman–Crippen MR) is 167 cm³/mol. The zero-order chi connectivity index (χ0) is 30.9. The van der Waals surface area contributed by atoms with Crippen LogP contribution in [0.4, 0.5) is 24.5 Å². The fourth-order valence-corrected chi connectivity index (χ4v) is 8.02. The second kappa shape index (κ2) is 12.9. The first-order chi connectivity index (χ1) is 21.2. The van der Waals surface area contributed by atoms with Crippen molar-refractivity contribution in [3.05, 3.63) is 59.2 Å². The first-order valence-electron chi connectivity index (χ1n) is 16.6. The first kappa shape index (κ1) is 31.2. The summed E-state index contributed by atoms with van der Waals surface area (Å²) in [6.07, 6.45) is 6.49. The zero-order valence-electron chi connectivity index (χ0n) is 25.7. The molecule has 2 saturated heterocycles. The van der Waals surface area contributed by atoms with E-state index in [4.69, 9.17) is 0 Å². The Morgan fingerprint density at radius 2 is 1.77 bits per heavy atom. The van der Waals surface area contributed by atoms with Gasteiger partial charge in [0.05, 0.1) is 30.1 Å². The van der Waals surface area contributed by atoms with E-state index in [9.17, 15) is 23.1 Å². The fourth-order valence-electron chi connectivity index (χ4n) is 8.02. The van der Waals surface area contributed by atoms with Crippen molar-refractivity contribution in [2.45, 2.75) is 108 Å². The lowest BCUT2D eigenvalue weighted by atomic mass is 9.78. The topological polar surface area (TPSA) is 76.6 Å². The molecule has 3 fully saturated rings. The van der Waals surface area contributed by atoms with Gasteiger partial charge in [-0.2, -0.15) is 13.2 Å². The van der Waals surface area contributed by atoms with Crippen LogP contribution in [-0.4, -0.2) is 66.3 Å². The average Bonchev–Trinajstić information content (AvgIpc) is 3.81. The molecule has 0 radical (unpaired) electrons. The number of hydrogen-bond acceptors (Lipinski definition) is 5. The molecule has 1 saturated carbocycles. The smallest absolute Gasteiger partial charge is 0.416 e. The lowest BCUT2D eigenvalue weighted by molar-refractivity contribution is -0.986. The van der Waals surface area contributed by atoms with Gasteiger partial charge < -0.3 is 15.3 Å². The molecule has 10 heteroatoms. The summed E-state index contributed by atoms with van der Waals surface area (Å²) in [7, 11) is 0. The first-order valence-corrected chi connectivity index (χ1v) is 16.6. The highest BCUT2D eigenvalue weighted by Gasteiger charge is 2.59. The number of carboxylic acid groups (broad SMARTS) is 1. The molecule has 3 heterocycles. The number of hydrogen-bond donors (Lipinski definition) is 4. The fraction of sp³-hybridized carbons (Fsp3) is 0.618. The molecule has 2 aromatic rings. The van der Waals surface area contributed by atoms with Gasteiger partial charge in [-0.3, -0.25) is 15.1 Å². The quantitative estimate of drug-likeness (QED) is 0.247. The Balaban J connectivity index is 1.52. The molecular formula is C34H47F3N5O2+. The van der Waals surface area contributed by atoms with Crippen LogP contribution in [0, 0.1) is 0 Å². The molecule has 3 aliphatic heterocycles. The van der Waals surface area contributed by atoms with Gasteiger partial charge in [-0.15, -0.1) is 0 Å². The van der Waals surface area contributed by atoms with Gasteiger partial charge in [0.25, 0.3) is 0 Å². The molecule has 1 spiro atoms. The van der Waals surface area contributed by atoms with E-state index in [0.717, 1.165) is 67.1 Å². The molecule has 6 rings (SSSR count). The van der Waals surface area contributed by atoms with Crippen molar-refractivity contribution in [2.24, 2.45) is 0 Å². The third-order valence-electron chi connectivity index (χ3n) is 10.3. The van der Waals surface area contributed by atoms with Crippen LogP contribution in [0.15, 0.2) is 42.5 Å². The Morgan fingerprint density at radius 1 is 1.05 bits per heavy atom. The highest BCUT2D eigenvalue weighted by molar-refractivity contribution is 5.89. The van der Waals surface area contributed by atoms with Gasteiger partial charge in [0, 0.05) is 30.5 Å². The van der Waals surface area contributed by atoms with Crippen molar-refractivity contribution in [2.75, 3.05) is 36.4 Å². The van der Waals surface area contributed by atoms with Gasteiger partial charge >= 0.3 is 12.1 Å². The Labute approximate surface area is 258 Å². The van der Waals surface area contributed by atoms with E-state index in [1.807, 2.05) is 6.07 Å². The van der Waals surface area contributed by atoms with Crippen LogP contribution < -0.4 is 20.9 Å². The highest BCUT2D eigenvalue weighted by Crippen LogP contribution is 2.47. The summed E-state index contributed by atoms with van der Waals surface area (Å²) in [4.78, 5) is 14.4. The van der Waals surface area contributed by atoms with Crippen LogP contribution in [0.5, 0.6) is 0 Å². The molecule has 4 atom stereocenters. The van der Waals surface area contributed by atoms with E-state index in [2.05, 4.69) is 27.8 Å². The van der Waals surface area contributed by atoms with Crippen molar-refractivity contribution in [1.82, 2.24) is 10.6 Å². The van der Waals surface area contributed by atoms with E-state index < -0.39 is 17.7 Å². The standard InChI is InChI=1S/C34H46F3N5O2/c1-2-3-17-41-29-20-23(32(43)44)13-16-27(29)28-22-38-33(40-25-14-15-25)42(18-8-6-4-5-7-9-19-42)30(28)31(41)39-26-12-10-11-24(21-26)34(35,36)37/h10-13,16,20-21,25,28,30-31,33,38-40H,2-9,14-15,17-19,22H2,1H3/p+1. The minimum atomic E-state index is -4.44. The summed E-state index contributed by atoms with van der Waals surface area (Å²) in [6.45, 7) is 5.51. The molecule has 4 aliphatic rings. The number of benzene rings is 2. The SMILES string of the molecule is CCCCN1c2cc(C(=O)O)ccc2C2CNC(NC3CC3)[N+]3(CCCCCCCC3)C2C1Nc1cccc(C(F)(F)F)c1. The van der Waals surface area contributed by atoms with Gasteiger partial charge in [-0.1, -0.05) is 38.3 Å². The number of unbranched alkanes of at least 4 members (excludes halogenated alkanes) is 1. The molecule has 44 heavy (non-hydrogen) atoms. The maximum Gasteiger partial charge on any atom is 0.416 e. The van der Waals surface area contributed by atoms with Gasteiger partial charge in [0.1, 0.15) is 6.04 Å². The van der Waals surface area contributed by atoms with Crippen molar-refractivity contribution in [3.8, 4) is 0 Å². The molecule has 4 unspecified atom stereocenters. The van der Waals surface area contributed by atoms with E-state index in [1.165, 1.54) is 50.7 Å². The molecule has 1 aliphatic carbocycles. The number of rotatable bonds is 8. The molecule has 2 aromatic carbocycles. The van der Waals surface area contributed by atoms with E-state index in [-0.39, 0.29) is 30.0 Å². The second-order valence-electron chi connectivity index (χ2n) is 13.3. The number of nitrogens with one attached hydrogen (secondary N) is 3. The van der Waals surface area contributed by atoms with Gasteiger partial charge in [0.15, 0.2) is 6.17 Å². The number of alkyl halides is 3. The largest absolute Gasteiger partial charge is 0.478 e. The average molecular weight is 615 g/mol. The Bertz CT molecular complexity index is 1310. The lowest BCUT2D eigenvalue weighted by Gasteiger charge is -2.61. The van der Waals surface area contributed by atoms with Gasteiger partial charge in [0.2, 0.25) is 6.29 Å². The van der Waals surface area contributed by atoms with Crippen molar-refractivity contribution in [1.29, 1.82) is 0 Å². The third kappa shape index (κ3) is 6.30. The molecule has 0 aromatic heterocycles. The minimum Gasteiger partial charge on any atom is -0.478 e.